The van der Waals surface area contributed by atoms with Crippen molar-refractivity contribution in [1.82, 2.24) is 0 Å². The summed E-state index contributed by atoms with van der Waals surface area (Å²) in [5.74, 6) is -1.65. The molecule has 1 N–H and O–H groups in total. The maximum Gasteiger partial charge on any atom is 0.454 e. The Kier molecular flexibility index (Phi) is 5.42. The molecular weight excluding hydrogens is 275 g/mol. The second-order valence-corrected chi connectivity index (χ2v) is 3.66. The molecule has 1 rings (SSSR count). The zero-order chi connectivity index (χ0) is 15.2. The van der Waals surface area contributed by atoms with Crippen LogP contribution in [0.1, 0.15) is 6.92 Å². The third-order valence-corrected chi connectivity index (χ3v) is 2.20. The molecule has 0 radical (unpaired) electrons. The van der Waals surface area contributed by atoms with Gasteiger partial charge in [0.2, 0.25) is 0 Å². The number of nitrogens with one attached hydrogen (secondary N) is 1. The van der Waals surface area contributed by atoms with Crippen LogP contribution in [0.25, 0.3) is 0 Å². The lowest BCUT2D eigenvalue weighted by Crippen LogP contribution is -2.22. The Bertz CT molecular complexity index is 481. The number of ether oxygens (including phenoxy) is 2. The molecule has 1 aromatic rings. The molecule has 0 aromatic heterocycles. The summed E-state index contributed by atoms with van der Waals surface area (Å²) in [6, 6.07) is 6.42. The van der Waals surface area contributed by atoms with Gasteiger partial charge in [-0.15, -0.1) is 0 Å². The van der Waals surface area contributed by atoms with Crippen molar-refractivity contribution in [2.45, 2.75) is 13.1 Å². The molecule has 0 aliphatic rings. The number of methoxy groups -OCH3 is 1. The second-order valence-electron chi connectivity index (χ2n) is 3.66. The molecule has 4 nitrogen and oxygen atoms in total. The van der Waals surface area contributed by atoms with E-state index in [2.05, 4.69) is 5.32 Å². The highest BCUT2D eigenvalue weighted by Gasteiger charge is 2.37. The largest absolute Gasteiger partial charge is 0.497 e. The van der Waals surface area contributed by atoms with Crippen LogP contribution in [0.15, 0.2) is 36.2 Å². The van der Waals surface area contributed by atoms with Crippen molar-refractivity contribution >= 4 is 11.5 Å². The van der Waals surface area contributed by atoms with E-state index in [0.29, 0.717) is 17.5 Å². The predicted molar refractivity (Wildman–Crippen MR) is 67.4 cm³/mol. The minimum absolute atomic E-state index is 0.125. The fourth-order valence-electron chi connectivity index (χ4n) is 1.29. The molecule has 0 amide bonds. The van der Waals surface area contributed by atoms with Gasteiger partial charge in [-0.3, -0.25) is 4.79 Å². The van der Waals surface area contributed by atoms with Gasteiger partial charge < -0.3 is 14.8 Å². The van der Waals surface area contributed by atoms with E-state index in [1.54, 1.807) is 31.2 Å². The highest BCUT2D eigenvalue weighted by atomic mass is 19.4. The van der Waals surface area contributed by atoms with Gasteiger partial charge in [-0.1, -0.05) is 0 Å². The molecule has 0 bridgehead atoms. The van der Waals surface area contributed by atoms with E-state index in [9.17, 15) is 18.0 Å². The highest BCUT2D eigenvalue weighted by Crippen LogP contribution is 2.20. The van der Waals surface area contributed by atoms with Gasteiger partial charge in [-0.2, -0.15) is 13.2 Å². The van der Waals surface area contributed by atoms with Gasteiger partial charge in [0, 0.05) is 5.69 Å². The van der Waals surface area contributed by atoms with Crippen LogP contribution in [0.5, 0.6) is 5.75 Å². The minimum Gasteiger partial charge on any atom is -0.497 e. The van der Waals surface area contributed by atoms with Crippen LogP contribution in [-0.2, 0) is 9.53 Å². The summed E-state index contributed by atoms with van der Waals surface area (Å²) in [6.45, 7) is 1.72. The van der Waals surface area contributed by atoms with Crippen LogP contribution in [0.3, 0.4) is 0 Å². The monoisotopic (exact) mass is 289 g/mol. The molecule has 0 saturated heterocycles. The van der Waals surface area contributed by atoms with Gasteiger partial charge in [-0.25, -0.2) is 0 Å². The first-order valence-corrected chi connectivity index (χ1v) is 5.73. The lowest BCUT2D eigenvalue weighted by molar-refractivity contribution is -0.165. The maximum atomic E-state index is 12.2. The second kappa shape index (κ2) is 6.83. The molecule has 0 aliphatic heterocycles. The van der Waals surface area contributed by atoms with Gasteiger partial charge in [0.05, 0.1) is 19.8 Å². The lowest BCUT2D eigenvalue weighted by Gasteiger charge is -2.12. The van der Waals surface area contributed by atoms with E-state index in [4.69, 9.17) is 9.47 Å². The summed E-state index contributed by atoms with van der Waals surface area (Å²) in [4.78, 5) is 10.9. The molecule has 0 heterocycles. The molecule has 110 valence electrons. The molecular formula is C13H14F3NO3. The third kappa shape index (κ3) is 4.83. The summed E-state index contributed by atoms with van der Waals surface area (Å²) in [6.07, 6.45) is -4.54. The Balaban J connectivity index is 2.86. The van der Waals surface area contributed by atoms with Gasteiger partial charge >= 0.3 is 6.18 Å². The number of carbonyl (C=O) groups excluding carboxylic acids is 1. The van der Waals surface area contributed by atoms with Crippen LogP contribution in [0.2, 0.25) is 0 Å². The maximum absolute atomic E-state index is 12.2. The third-order valence-electron chi connectivity index (χ3n) is 2.20. The number of hydrogen-bond acceptors (Lipinski definition) is 4. The molecule has 0 spiro atoms. The smallest absolute Gasteiger partial charge is 0.454 e. The summed E-state index contributed by atoms with van der Waals surface area (Å²) in [7, 11) is 1.50. The van der Waals surface area contributed by atoms with Gasteiger partial charge in [0.25, 0.3) is 5.78 Å². The van der Waals surface area contributed by atoms with Crippen molar-refractivity contribution in [3.05, 3.63) is 36.2 Å². The number of benzene rings is 1. The van der Waals surface area contributed by atoms with Crippen LogP contribution >= 0.6 is 0 Å². The average molecular weight is 289 g/mol. The summed E-state index contributed by atoms with van der Waals surface area (Å²) >= 11 is 0. The topological polar surface area (TPSA) is 47.6 Å². The van der Waals surface area contributed by atoms with E-state index in [-0.39, 0.29) is 12.5 Å². The Morgan fingerprint density at radius 1 is 1.30 bits per heavy atom. The summed E-state index contributed by atoms with van der Waals surface area (Å²) < 4.78 is 46.5. The van der Waals surface area contributed by atoms with Crippen molar-refractivity contribution in [1.29, 1.82) is 0 Å². The molecule has 0 fully saturated rings. The molecule has 0 atom stereocenters. The first kappa shape index (κ1) is 15.9. The van der Waals surface area contributed by atoms with E-state index in [0.717, 1.165) is 0 Å². The highest BCUT2D eigenvalue weighted by molar-refractivity contribution is 5.95. The number of anilines is 1. The number of ketones is 1. The number of carbonyl (C=O) groups is 1. The van der Waals surface area contributed by atoms with Crippen molar-refractivity contribution in [2.24, 2.45) is 0 Å². The SMILES string of the molecule is CCO/C(=C/C(=O)C(F)(F)F)Nc1ccc(OC)cc1. The standard InChI is InChI=1S/C13H14F3NO3/c1-3-20-12(8-11(18)13(14,15)16)17-9-4-6-10(19-2)7-5-9/h4-8,17H,3H2,1-2H3/b12-8+. The Hall–Kier alpha value is -2.18. The van der Waals surface area contributed by atoms with Crippen LogP contribution < -0.4 is 10.1 Å². The molecule has 20 heavy (non-hydrogen) atoms. The number of alkyl halides is 3. The summed E-state index contributed by atoms with van der Waals surface area (Å²) in [5.41, 5.74) is 0.473. The molecule has 1 aromatic carbocycles. The van der Waals surface area contributed by atoms with Crippen LogP contribution in [0, 0.1) is 0 Å². The number of rotatable bonds is 6. The van der Waals surface area contributed by atoms with E-state index < -0.39 is 12.0 Å². The number of hydrogen-bond donors (Lipinski definition) is 1. The Morgan fingerprint density at radius 3 is 2.35 bits per heavy atom. The van der Waals surface area contributed by atoms with E-state index in [1.165, 1.54) is 7.11 Å². The zero-order valence-corrected chi connectivity index (χ0v) is 11.0. The Labute approximate surface area is 114 Å². The van der Waals surface area contributed by atoms with Crippen molar-refractivity contribution in [2.75, 3.05) is 19.0 Å². The average Bonchev–Trinajstić information content (AvgIpc) is 2.38. The normalized spacial score (nSPS) is 11.9. The van der Waals surface area contributed by atoms with Crippen molar-refractivity contribution in [3.63, 3.8) is 0 Å². The van der Waals surface area contributed by atoms with Crippen molar-refractivity contribution in [3.8, 4) is 5.75 Å². The first-order chi connectivity index (χ1) is 9.36. The number of halogens is 3. The van der Waals surface area contributed by atoms with Gasteiger partial charge in [-0.05, 0) is 31.2 Å². The summed E-state index contributed by atoms with van der Waals surface area (Å²) in [5, 5.41) is 2.60. The quantitative estimate of drug-likeness (QED) is 0.645. The first-order valence-electron chi connectivity index (χ1n) is 5.73. The minimum atomic E-state index is -4.93. The fraction of sp³-hybridized carbons (Fsp3) is 0.308. The van der Waals surface area contributed by atoms with Gasteiger partial charge in [0.1, 0.15) is 5.75 Å². The molecule has 7 heteroatoms. The Morgan fingerprint density at radius 2 is 1.90 bits per heavy atom. The molecule has 0 saturated carbocycles. The molecule has 0 aliphatic carbocycles. The lowest BCUT2D eigenvalue weighted by atomic mass is 10.3. The number of allylic oxidation sites excluding steroid dienone is 1. The van der Waals surface area contributed by atoms with Crippen LogP contribution in [-0.4, -0.2) is 25.7 Å². The van der Waals surface area contributed by atoms with Crippen molar-refractivity contribution < 1.29 is 27.4 Å². The van der Waals surface area contributed by atoms with Crippen LogP contribution in [0.4, 0.5) is 18.9 Å². The predicted octanol–water partition coefficient (Wildman–Crippen LogP) is 3.12. The molecule has 0 unspecified atom stereocenters. The fourth-order valence-corrected chi connectivity index (χ4v) is 1.29. The van der Waals surface area contributed by atoms with Gasteiger partial charge in [0.15, 0.2) is 5.88 Å². The van der Waals surface area contributed by atoms with E-state index in [1.807, 2.05) is 0 Å². The van der Waals surface area contributed by atoms with E-state index >= 15 is 0 Å². The zero-order valence-electron chi connectivity index (χ0n) is 11.0.